The first kappa shape index (κ1) is 22.6. The number of nitrogens with one attached hydrogen (secondary N) is 1. The largest absolute Gasteiger partial charge is 0.490 e. The van der Waals surface area contributed by atoms with Crippen molar-refractivity contribution in [3.8, 4) is 0 Å². The zero-order valence-corrected chi connectivity index (χ0v) is 16.6. The topological polar surface area (TPSA) is 78.9 Å². The summed E-state index contributed by atoms with van der Waals surface area (Å²) in [4.78, 5) is 23.6. The van der Waals surface area contributed by atoms with Gasteiger partial charge >= 0.3 is 12.1 Å². The Kier molecular flexibility index (Phi) is 7.36. The molecule has 1 aromatic rings. The Morgan fingerprint density at radius 1 is 1.13 bits per heavy atom. The van der Waals surface area contributed by atoms with Crippen LogP contribution in [-0.4, -0.2) is 59.9 Å². The smallest absolute Gasteiger partial charge is 0.475 e. The van der Waals surface area contributed by atoms with Crippen molar-refractivity contribution in [2.75, 3.05) is 19.7 Å². The van der Waals surface area contributed by atoms with Gasteiger partial charge in [-0.1, -0.05) is 30.3 Å². The van der Waals surface area contributed by atoms with E-state index in [2.05, 4.69) is 40.5 Å². The minimum absolute atomic E-state index is 0.144. The highest BCUT2D eigenvalue weighted by Crippen LogP contribution is 2.32. The number of rotatable bonds is 4. The van der Waals surface area contributed by atoms with E-state index in [1.54, 1.807) is 0 Å². The highest BCUT2D eigenvalue weighted by molar-refractivity contribution is 5.81. The lowest BCUT2D eigenvalue weighted by atomic mass is 9.85. The molecule has 1 saturated carbocycles. The minimum Gasteiger partial charge on any atom is -0.475 e. The molecule has 0 unspecified atom stereocenters. The molecule has 9 heteroatoms. The van der Waals surface area contributed by atoms with E-state index in [0.29, 0.717) is 5.92 Å². The fourth-order valence-corrected chi connectivity index (χ4v) is 4.04. The number of aliphatic carboxylic acids is 1. The Bertz CT molecular complexity index is 725. The number of alkyl halides is 3. The lowest BCUT2D eigenvalue weighted by Crippen LogP contribution is -2.61. The first-order valence-electron chi connectivity index (χ1n) is 10.2. The number of carbonyl (C=O) groups is 2. The molecule has 0 bridgehead atoms. The Balaban J connectivity index is 0.000000318. The molecule has 2 saturated heterocycles. The monoisotopic (exact) mass is 428 g/mol. The Morgan fingerprint density at radius 3 is 2.40 bits per heavy atom. The molecular formula is C21H27F3N2O4. The van der Waals surface area contributed by atoms with Crippen molar-refractivity contribution in [3.63, 3.8) is 0 Å². The fraction of sp³-hybridized carbons (Fsp3) is 0.619. The third kappa shape index (κ3) is 6.43. The second kappa shape index (κ2) is 9.78. The number of benzene rings is 1. The Morgan fingerprint density at radius 2 is 1.80 bits per heavy atom. The number of ether oxygens (including phenoxy) is 1. The normalized spacial score (nSPS) is 26.7. The predicted octanol–water partition coefficient (Wildman–Crippen LogP) is 2.83. The summed E-state index contributed by atoms with van der Waals surface area (Å²) in [6.07, 6.45) is -0.406. The molecule has 3 aliphatic rings. The van der Waals surface area contributed by atoms with Crippen LogP contribution in [0.15, 0.2) is 30.3 Å². The fourth-order valence-electron chi connectivity index (χ4n) is 4.04. The number of halogens is 3. The van der Waals surface area contributed by atoms with Gasteiger partial charge in [-0.3, -0.25) is 9.69 Å². The summed E-state index contributed by atoms with van der Waals surface area (Å²) in [5.41, 5.74) is 1.34. The second-order valence-electron chi connectivity index (χ2n) is 8.11. The van der Waals surface area contributed by atoms with E-state index in [1.165, 1.54) is 12.0 Å². The third-order valence-corrected chi connectivity index (χ3v) is 5.61. The molecule has 0 spiro atoms. The number of fused-ring (bicyclic) bond motifs is 1. The lowest BCUT2D eigenvalue weighted by Gasteiger charge is -2.46. The molecule has 3 atom stereocenters. The van der Waals surface area contributed by atoms with Gasteiger partial charge in [-0.2, -0.15) is 13.2 Å². The van der Waals surface area contributed by atoms with Crippen LogP contribution < -0.4 is 5.32 Å². The molecule has 1 amide bonds. The number of hydrogen-bond donors (Lipinski definition) is 2. The third-order valence-electron chi connectivity index (χ3n) is 5.61. The summed E-state index contributed by atoms with van der Waals surface area (Å²) in [7, 11) is 0. The molecule has 4 rings (SSSR count). The van der Waals surface area contributed by atoms with Crippen LogP contribution in [0.2, 0.25) is 0 Å². The zero-order chi connectivity index (χ0) is 21.7. The van der Waals surface area contributed by atoms with Crippen molar-refractivity contribution in [1.29, 1.82) is 0 Å². The van der Waals surface area contributed by atoms with Crippen molar-refractivity contribution < 1.29 is 32.6 Å². The number of piperidine rings is 1. The average Bonchev–Trinajstić information content (AvgIpc) is 3.54. The number of nitrogens with zero attached hydrogens (tertiary/aromatic N) is 1. The van der Waals surface area contributed by atoms with Crippen LogP contribution in [0.3, 0.4) is 0 Å². The van der Waals surface area contributed by atoms with Crippen molar-refractivity contribution in [2.45, 2.75) is 50.6 Å². The standard InChI is InChI=1S/C19H26N2O2.C2HF3O2/c22-19(15-8-9-15)20-17-13-21(11-14-5-2-1-3-6-14)12-16-7-4-10-23-18(16)17;3-2(4,5)1(6)7/h1-3,5-6,15-18H,4,7-13H2,(H,20,22);(H,6,7)/t16-,17+,18-;/m0./s1. The first-order valence-corrected chi connectivity index (χ1v) is 10.2. The van der Waals surface area contributed by atoms with Crippen LogP contribution >= 0.6 is 0 Å². The highest BCUT2D eigenvalue weighted by Gasteiger charge is 2.41. The predicted molar refractivity (Wildman–Crippen MR) is 103 cm³/mol. The number of carboxylic acid groups (broad SMARTS) is 1. The molecule has 6 nitrogen and oxygen atoms in total. The SMILES string of the molecule is O=C(N[C@@H]1CN(Cc2ccccc2)C[C@@H]2CCCO[C@@H]21)C1CC1.O=C(O)C(F)(F)F. The molecule has 1 aromatic carbocycles. The van der Waals surface area contributed by atoms with Gasteiger partial charge in [0.25, 0.3) is 0 Å². The van der Waals surface area contributed by atoms with Gasteiger partial charge in [-0.25, -0.2) is 4.79 Å². The Hall–Kier alpha value is -2.13. The van der Waals surface area contributed by atoms with E-state index >= 15 is 0 Å². The maximum absolute atomic E-state index is 12.2. The summed E-state index contributed by atoms with van der Waals surface area (Å²) in [6, 6.07) is 10.8. The van der Waals surface area contributed by atoms with E-state index in [-0.39, 0.29) is 24.0 Å². The molecule has 0 aromatic heterocycles. The number of carboxylic acids is 1. The molecule has 2 aliphatic heterocycles. The van der Waals surface area contributed by atoms with Crippen molar-refractivity contribution in [2.24, 2.45) is 11.8 Å². The number of amides is 1. The summed E-state index contributed by atoms with van der Waals surface area (Å²) < 4.78 is 37.8. The number of carbonyl (C=O) groups excluding carboxylic acids is 1. The van der Waals surface area contributed by atoms with Crippen molar-refractivity contribution >= 4 is 11.9 Å². The molecule has 166 valence electrons. The molecule has 30 heavy (non-hydrogen) atoms. The van der Waals surface area contributed by atoms with E-state index in [1.807, 2.05) is 0 Å². The van der Waals surface area contributed by atoms with Gasteiger partial charge in [0, 0.05) is 32.2 Å². The zero-order valence-electron chi connectivity index (χ0n) is 16.6. The molecule has 0 radical (unpaired) electrons. The van der Waals surface area contributed by atoms with Crippen LogP contribution in [0.1, 0.15) is 31.2 Å². The quantitative estimate of drug-likeness (QED) is 0.771. The maximum atomic E-state index is 12.2. The summed E-state index contributed by atoms with van der Waals surface area (Å²) in [5.74, 6) is -1.70. The van der Waals surface area contributed by atoms with Crippen molar-refractivity contribution in [1.82, 2.24) is 10.2 Å². The van der Waals surface area contributed by atoms with E-state index in [0.717, 1.165) is 45.5 Å². The Labute approximate surface area is 173 Å². The van der Waals surface area contributed by atoms with Gasteiger partial charge in [-0.15, -0.1) is 0 Å². The van der Waals surface area contributed by atoms with Crippen LogP contribution in [0.5, 0.6) is 0 Å². The molecular weight excluding hydrogens is 401 g/mol. The highest BCUT2D eigenvalue weighted by atomic mass is 19.4. The van der Waals surface area contributed by atoms with Crippen LogP contribution in [0, 0.1) is 11.8 Å². The molecule has 2 heterocycles. The summed E-state index contributed by atoms with van der Waals surface area (Å²) in [6.45, 7) is 3.78. The van der Waals surface area contributed by atoms with Crippen molar-refractivity contribution in [3.05, 3.63) is 35.9 Å². The maximum Gasteiger partial charge on any atom is 0.490 e. The summed E-state index contributed by atoms with van der Waals surface area (Å²) >= 11 is 0. The molecule has 3 fully saturated rings. The van der Waals surface area contributed by atoms with Gasteiger partial charge in [0.15, 0.2) is 0 Å². The average molecular weight is 428 g/mol. The van der Waals surface area contributed by atoms with Gasteiger partial charge in [0.2, 0.25) is 5.91 Å². The van der Waals surface area contributed by atoms with E-state index < -0.39 is 12.1 Å². The van der Waals surface area contributed by atoms with Crippen LogP contribution in [-0.2, 0) is 20.9 Å². The van der Waals surface area contributed by atoms with E-state index in [9.17, 15) is 18.0 Å². The lowest BCUT2D eigenvalue weighted by molar-refractivity contribution is -0.192. The van der Waals surface area contributed by atoms with E-state index in [4.69, 9.17) is 14.6 Å². The summed E-state index contributed by atoms with van der Waals surface area (Å²) in [5, 5.41) is 10.4. The van der Waals surface area contributed by atoms with Crippen LogP contribution in [0.25, 0.3) is 0 Å². The first-order chi connectivity index (χ1) is 14.2. The number of hydrogen-bond acceptors (Lipinski definition) is 4. The van der Waals surface area contributed by atoms with Gasteiger partial charge in [0.05, 0.1) is 12.1 Å². The second-order valence-corrected chi connectivity index (χ2v) is 8.11. The molecule has 2 N–H and O–H groups in total. The molecule has 1 aliphatic carbocycles. The minimum atomic E-state index is -5.08. The van der Waals surface area contributed by atoms with Gasteiger partial charge < -0.3 is 15.2 Å². The van der Waals surface area contributed by atoms with Gasteiger partial charge in [0.1, 0.15) is 0 Å². The van der Waals surface area contributed by atoms with Gasteiger partial charge in [-0.05, 0) is 37.2 Å². The van der Waals surface area contributed by atoms with Crippen LogP contribution in [0.4, 0.5) is 13.2 Å². The number of likely N-dealkylation sites (tertiary alicyclic amines) is 1.